The van der Waals surface area contributed by atoms with Gasteiger partial charge in [0.1, 0.15) is 5.75 Å². The summed E-state index contributed by atoms with van der Waals surface area (Å²) in [7, 11) is 0. The molecule has 7 nitrogen and oxygen atoms in total. The van der Waals surface area contributed by atoms with E-state index in [1.54, 1.807) is 18.2 Å². The van der Waals surface area contributed by atoms with Crippen LogP contribution in [0.2, 0.25) is 0 Å². The number of para-hydroxylation sites is 2. The fourth-order valence-electron chi connectivity index (χ4n) is 4.61. The number of benzene rings is 2. The van der Waals surface area contributed by atoms with E-state index in [0.29, 0.717) is 13.1 Å². The van der Waals surface area contributed by atoms with Crippen LogP contribution in [0.4, 0.5) is 23.7 Å². The predicted octanol–water partition coefficient (Wildman–Crippen LogP) is 5.65. The first kappa shape index (κ1) is 21.9. The van der Waals surface area contributed by atoms with E-state index in [1.807, 2.05) is 0 Å². The van der Waals surface area contributed by atoms with Crippen LogP contribution in [0.3, 0.4) is 0 Å². The molecule has 0 radical (unpaired) electrons. The molecule has 1 amide bonds. The van der Waals surface area contributed by atoms with Gasteiger partial charge in [-0.1, -0.05) is 24.3 Å². The highest BCUT2D eigenvalue weighted by molar-refractivity contribution is 5.72. The molecule has 1 saturated carbocycles. The number of hydrogen-bond acceptors (Lipinski definition) is 5. The SMILES string of the molecule is O=C(Oc1ccccc1[N+](=O)[O-])N1CCC2(CC1)CC(c1cccc(OC(F)(F)F)c1)C2. The molecule has 2 fully saturated rings. The van der Waals surface area contributed by atoms with E-state index < -0.39 is 17.4 Å². The van der Waals surface area contributed by atoms with Crippen LogP contribution in [0.1, 0.15) is 37.2 Å². The van der Waals surface area contributed by atoms with E-state index in [9.17, 15) is 28.1 Å². The molecule has 1 heterocycles. The number of piperidine rings is 1. The normalized spacial score (nSPS) is 18.2. The fourth-order valence-corrected chi connectivity index (χ4v) is 4.61. The molecule has 2 aliphatic rings. The Kier molecular flexibility index (Phi) is 5.70. The Hall–Kier alpha value is -3.30. The van der Waals surface area contributed by atoms with Crippen molar-refractivity contribution >= 4 is 11.8 Å². The molecule has 1 aliphatic carbocycles. The van der Waals surface area contributed by atoms with Gasteiger partial charge in [0.05, 0.1) is 4.92 Å². The van der Waals surface area contributed by atoms with Crippen LogP contribution in [-0.4, -0.2) is 35.4 Å². The highest BCUT2D eigenvalue weighted by Crippen LogP contribution is 2.57. The maximum Gasteiger partial charge on any atom is 0.573 e. The second-order valence-corrected chi connectivity index (χ2v) is 8.31. The fraction of sp³-hybridized carbons (Fsp3) is 0.409. The number of ether oxygens (including phenoxy) is 2. The van der Waals surface area contributed by atoms with Crippen LogP contribution >= 0.6 is 0 Å². The standard InChI is InChI=1S/C22H21F3N2O5/c23-22(24,25)32-17-5-3-4-15(12-17)16-13-21(14-16)8-10-26(11-9-21)20(28)31-19-7-2-1-6-18(19)27(29)30/h1-7,12,16H,8-11,13-14H2. The van der Waals surface area contributed by atoms with Crippen LogP contribution in [-0.2, 0) is 0 Å². The van der Waals surface area contributed by atoms with Crippen molar-refractivity contribution in [2.24, 2.45) is 5.41 Å². The minimum atomic E-state index is -4.72. The third kappa shape index (κ3) is 4.79. The average molecular weight is 450 g/mol. The lowest BCUT2D eigenvalue weighted by molar-refractivity contribution is -0.385. The number of carbonyl (C=O) groups is 1. The third-order valence-electron chi connectivity index (χ3n) is 6.26. The quantitative estimate of drug-likeness (QED) is 0.444. The predicted molar refractivity (Wildman–Crippen MR) is 107 cm³/mol. The first-order valence-electron chi connectivity index (χ1n) is 10.2. The second kappa shape index (κ2) is 8.33. The van der Waals surface area contributed by atoms with E-state index in [1.165, 1.54) is 35.2 Å². The van der Waals surface area contributed by atoms with Gasteiger partial charge in [-0.3, -0.25) is 10.1 Å². The van der Waals surface area contributed by atoms with Gasteiger partial charge in [0, 0.05) is 19.2 Å². The van der Waals surface area contributed by atoms with E-state index >= 15 is 0 Å². The largest absolute Gasteiger partial charge is 0.573 e. The minimum Gasteiger partial charge on any atom is -0.406 e. The molecule has 0 N–H and O–H groups in total. The van der Waals surface area contributed by atoms with E-state index in [4.69, 9.17) is 4.74 Å². The highest BCUT2D eigenvalue weighted by atomic mass is 19.4. The maximum absolute atomic E-state index is 12.5. The minimum absolute atomic E-state index is 0.0427. The number of amides is 1. The Morgan fingerprint density at radius 1 is 1.09 bits per heavy atom. The molecule has 0 atom stereocenters. The number of likely N-dealkylation sites (tertiary alicyclic amines) is 1. The summed E-state index contributed by atoms with van der Waals surface area (Å²) in [5, 5.41) is 11.1. The Morgan fingerprint density at radius 3 is 2.44 bits per heavy atom. The van der Waals surface area contributed by atoms with Gasteiger partial charge < -0.3 is 14.4 Å². The summed E-state index contributed by atoms with van der Waals surface area (Å²) in [6.45, 7) is 0.923. The number of nitrogens with zero attached hydrogens (tertiary/aromatic N) is 2. The van der Waals surface area contributed by atoms with Crippen molar-refractivity contribution in [3.05, 3.63) is 64.2 Å². The number of nitro benzene ring substituents is 1. The highest BCUT2D eigenvalue weighted by Gasteiger charge is 2.47. The number of hydrogen-bond donors (Lipinski definition) is 0. The van der Waals surface area contributed by atoms with Gasteiger partial charge in [-0.2, -0.15) is 0 Å². The van der Waals surface area contributed by atoms with Gasteiger partial charge >= 0.3 is 18.1 Å². The summed E-state index contributed by atoms with van der Waals surface area (Å²) in [5.74, 6) is -0.159. The van der Waals surface area contributed by atoms with Gasteiger partial charge in [0.15, 0.2) is 0 Å². The van der Waals surface area contributed by atoms with Crippen molar-refractivity contribution in [1.29, 1.82) is 0 Å². The lowest BCUT2D eigenvalue weighted by Gasteiger charge is -2.52. The zero-order valence-electron chi connectivity index (χ0n) is 17.0. The van der Waals surface area contributed by atoms with Gasteiger partial charge in [-0.15, -0.1) is 13.2 Å². The molecular weight excluding hydrogens is 429 g/mol. The lowest BCUT2D eigenvalue weighted by Crippen LogP contribution is -2.48. The molecule has 1 saturated heterocycles. The smallest absolute Gasteiger partial charge is 0.406 e. The number of alkyl halides is 3. The summed E-state index contributed by atoms with van der Waals surface area (Å²) in [5.41, 5.74) is 0.588. The van der Waals surface area contributed by atoms with Crippen molar-refractivity contribution in [2.75, 3.05) is 13.1 Å². The average Bonchev–Trinajstić information content (AvgIpc) is 2.71. The second-order valence-electron chi connectivity index (χ2n) is 8.31. The van der Waals surface area contributed by atoms with Gasteiger partial charge in [0.2, 0.25) is 5.75 Å². The molecule has 0 unspecified atom stereocenters. The molecule has 0 bridgehead atoms. The Labute approximate surface area is 181 Å². The van der Waals surface area contributed by atoms with Crippen LogP contribution in [0.5, 0.6) is 11.5 Å². The zero-order valence-corrected chi connectivity index (χ0v) is 17.0. The van der Waals surface area contributed by atoms with Crippen LogP contribution in [0.15, 0.2) is 48.5 Å². The van der Waals surface area contributed by atoms with Gasteiger partial charge in [-0.25, -0.2) is 4.79 Å². The molecule has 10 heteroatoms. The number of rotatable bonds is 4. The third-order valence-corrected chi connectivity index (χ3v) is 6.26. The van der Waals surface area contributed by atoms with E-state index in [0.717, 1.165) is 31.2 Å². The molecule has 2 aromatic rings. The first-order valence-corrected chi connectivity index (χ1v) is 10.2. The summed E-state index contributed by atoms with van der Waals surface area (Å²) in [6.07, 6.45) is -2.20. The summed E-state index contributed by atoms with van der Waals surface area (Å²) in [6, 6.07) is 11.8. The van der Waals surface area contributed by atoms with Gasteiger partial charge in [0.25, 0.3) is 0 Å². The molecule has 170 valence electrons. The van der Waals surface area contributed by atoms with Crippen LogP contribution in [0.25, 0.3) is 0 Å². The van der Waals surface area contributed by atoms with Crippen molar-refractivity contribution < 1.29 is 32.4 Å². The molecule has 1 spiro atoms. The Bertz CT molecular complexity index is 1010. The van der Waals surface area contributed by atoms with Crippen LogP contribution in [0, 0.1) is 15.5 Å². The summed E-state index contributed by atoms with van der Waals surface area (Å²) >= 11 is 0. The van der Waals surface area contributed by atoms with Crippen molar-refractivity contribution in [1.82, 2.24) is 4.90 Å². The molecule has 32 heavy (non-hydrogen) atoms. The maximum atomic E-state index is 12.5. The number of carbonyl (C=O) groups excluding carboxylic acids is 1. The van der Waals surface area contributed by atoms with Crippen LogP contribution < -0.4 is 9.47 Å². The summed E-state index contributed by atoms with van der Waals surface area (Å²) in [4.78, 5) is 24.5. The van der Waals surface area contributed by atoms with E-state index in [2.05, 4.69) is 4.74 Å². The monoisotopic (exact) mass is 450 g/mol. The van der Waals surface area contributed by atoms with Crippen molar-refractivity contribution in [3.63, 3.8) is 0 Å². The zero-order chi connectivity index (χ0) is 22.9. The summed E-state index contributed by atoms with van der Waals surface area (Å²) < 4.78 is 46.6. The number of nitro groups is 1. The lowest BCUT2D eigenvalue weighted by atomic mass is 9.56. The molecule has 2 aromatic carbocycles. The molecule has 4 rings (SSSR count). The van der Waals surface area contributed by atoms with Crippen molar-refractivity contribution in [2.45, 2.75) is 38.0 Å². The van der Waals surface area contributed by atoms with E-state index in [-0.39, 0.29) is 28.5 Å². The topological polar surface area (TPSA) is 81.9 Å². The Morgan fingerprint density at radius 2 is 1.78 bits per heavy atom. The first-order chi connectivity index (χ1) is 15.1. The van der Waals surface area contributed by atoms with Gasteiger partial charge in [-0.05, 0) is 60.8 Å². The Balaban J connectivity index is 1.31. The molecule has 0 aromatic heterocycles. The van der Waals surface area contributed by atoms with Crippen molar-refractivity contribution in [3.8, 4) is 11.5 Å². The molecular formula is C22H21F3N2O5. The number of halogens is 3. The molecule has 1 aliphatic heterocycles.